The van der Waals surface area contributed by atoms with Crippen LogP contribution < -0.4 is 20.9 Å². The molecule has 3 heterocycles. The molecule has 40 heavy (non-hydrogen) atoms. The predicted octanol–water partition coefficient (Wildman–Crippen LogP) is 4.47. The summed E-state index contributed by atoms with van der Waals surface area (Å²) >= 11 is 0. The molecule has 2 aromatic carbocycles. The molecule has 0 unspecified atom stereocenters. The molecule has 1 aliphatic heterocycles. The number of hydrogen-bond donors (Lipinski definition) is 3. The number of benzene rings is 2. The molecule has 2 aromatic heterocycles. The number of anilines is 3. The van der Waals surface area contributed by atoms with Crippen molar-refractivity contribution in [1.29, 1.82) is 0 Å². The molecule has 9 nitrogen and oxygen atoms in total. The second-order valence-electron chi connectivity index (χ2n) is 10.6. The van der Waals surface area contributed by atoms with Gasteiger partial charge in [0.1, 0.15) is 5.82 Å². The molecule has 0 saturated carbocycles. The van der Waals surface area contributed by atoms with E-state index in [4.69, 9.17) is 0 Å². The Bertz CT molecular complexity index is 1490. The zero-order valence-electron chi connectivity index (χ0n) is 23.5. The van der Waals surface area contributed by atoms with Gasteiger partial charge in [-0.25, -0.2) is 9.78 Å². The van der Waals surface area contributed by atoms with Crippen LogP contribution in [-0.2, 0) is 6.42 Å². The van der Waals surface area contributed by atoms with Crippen molar-refractivity contribution in [3.8, 4) is 0 Å². The lowest BCUT2D eigenvalue weighted by Crippen LogP contribution is -2.54. The Balaban J connectivity index is 1.21. The summed E-state index contributed by atoms with van der Waals surface area (Å²) in [5, 5.41) is 10.1. The zero-order valence-corrected chi connectivity index (χ0v) is 23.5. The summed E-state index contributed by atoms with van der Waals surface area (Å²) in [6, 6.07) is 20.2. The lowest BCUT2D eigenvalue weighted by atomic mass is 10.1. The van der Waals surface area contributed by atoms with Gasteiger partial charge in [-0.05, 0) is 68.3 Å². The van der Waals surface area contributed by atoms with Crippen LogP contribution >= 0.6 is 0 Å². The van der Waals surface area contributed by atoms with Gasteiger partial charge in [0.15, 0.2) is 0 Å². The number of pyridine rings is 1. The van der Waals surface area contributed by atoms with Crippen molar-refractivity contribution >= 4 is 40.0 Å². The highest BCUT2D eigenvalue weighted by Crippen LogP contribution is 2.28. The molecular weight excluding hydrogens is 502 g/mol. The van der Waals surface area contributed by atoms with E-state index in [1.54, 1.807) is 24.0 Å². The van der Waals surface area contributed by atoms with Crippen LogP contribution in [0.4, 0.5) is 22.0 Å². The number of carbonyl (C=O) groups excluding carboxylic acids is 2. The third-order valence-corrected chi connectivity index (χ3v) is 7.43. The molecule has 0 aliphatic carbocycles. The summed E-state index contributed by atoms with van der Waals surface area (Å²) in [6.45, 7) is 7.59. The summed E-state index contributed by atoms with van der Waals surface area (Å²) in [5.74, 6) is 0.285. The number of rotatable bonds is 7. The van der Waals surface area contributed by atoms with Crippen LogP contribution in [0, 0.1) is 0 Å². The lowest BCUT2D eigenvalue weighted by molar-refractivity contribution is 0.102. The van der Waals surface area contributed by atoms with Crippen LogP contribution in [0.5, 0.6) is 0 Å². The molecule has 1 saturated heterocycles. The Morgan fingerprint density at radius 1 is 1.00 bits per heavy atom. The maximum Gasteiger partial charge on any atom is 0.325 e. The Kier molecular flexibility index (Phi) is 8.14. The molecule has 0 radical (unpaired) electrons. The second kappa shape index (κ2) is 11.9. The molecule has 2 amide bonds. The number of hydrogen-bond acceptors (Lipinski definition) is 6. The standard InChI is InChI=1S/C31H37N7O2/c1-21-19-37(20-22(2)34-21)15-12-23-5-7-24(8-6-23)30(39)35-29-18-27(11-14-33-29)36(4)26-9-10-28-25(17-26)13-16-38(28)31(40)32-3/h5-11,13-14,16-18,21-22,34H,12,15,19-20H2,1-4H3,(H,32,40)(H,33,35,39)/t21-,22+. The van der Waals surface area contributed by atoms with Crippen LogP contribution in [0.15, 0.2) is 73.1 Å². The van der Waals surface area contributed by atoms with E-state index in [1.165, 1.54) is 5.56 Å². The van der Waals surface area contributed by atoms with Gasteiger partial charge in [-0.2, -0.15) is 0 Å². The fraction of sp³-hybridized carbons (Fsp3) is 0.323. The van der Waals surface area contributed by atoms with Gasteiger partial charge in [0.2, 0.25) is 0 Å². The van der Waals surface area contributed by atoms with Crippen molar-refractivity contribution < 1.29 is 9.59 Å². The van der Waals surface area contributed by atoms with Gasteiger partial charge in [0.05, 0.1) is 5.52 Å². The average molecular weight is 540 g/mol. The average Bonchev–Trinajstić information content (AvgIpc) is 3.38. The zero-order chi connectivity index (χ0) is 28.2. The highest BCUT2D eigenvalue weighted by molar-refractivity contribution is 6.04. The molecular formula is C31H37N7O2. The van der Waals surface area contributed by atoms with E-state index >= 15 is 0 Å². The van der Waals surface area contributed by atoms with Crippen molar-refractivity contribution in [3.63, 3.8) is 0 Å². The Hall–Kier alpha value is -4.21. The Morgan fingerprint density at radius 2 is 1.73 bits per heavy atom. The predicted molar refractivity (Wildman–Crippen MR) is 161 cm³/mol. The number of piperazine rings is 1. The van der Waals surface area contributed by atoms with Crippen molar-refractivity contribution in [2.45, 2.75) is 32.4 Å². The molecule has 1 aliphatic rings. The third kappa shape index (κ3) is 6.16. The van der Waals surface area contributed by atoms with Crippen molar-refractivity contribution in [2.75, 3.05) is 43.9 Å². The maximum absolute atomic E-state index is 13.0. The number of nitrogens with one attached hydrogen (secondary N) is 3. The fourth-order valence-electron chi connectivity index (χ4n) is 5.40. The van der Waals surface area contributed by atoms with Gasteiger partial charge >= 0.3 is 6.03 Å². The number of fused-ring (bicyclic) bond motifs is 1. The smallest absolute Gasteiger partial charge is 0.325 e. The lowest BCUT2D eigenvalue weighted by Gasteiger charge is -2.36. The fourth-order valence-corrected chi connectivity index (χ4v) is 5.40. The molecule has 1 fully saturated rings. The normalized spacial score (nSPS) is 17.5. The Labute approximate surface area is 235 Å². The first kappa shape index (κ1) is 27.4. The molecule has 3 N–H and O–H groups in total. The largest absolute Gasteiger partial charge is 0.344 e. The van der Waals surface area contributed by atoms with Crippen LogP contribution in [0.1, 0.15) is 29.8 Å². The van der Waals surface area contributed by atoms with Gasteiger partial charge in [0.25, 0.3) is 5.91 Å². The topological polar surface area (TPSA) is 94.5 Å². The number of aromatic nitrogens is 2. The molecule has 5 rings (SSSR count). The van der Waals surface area contributed by atoms with E-state index in [1.807, 2.05) is 72.6 Å². The first-order valence-corrected chi connectivity index (χ1v) is 13.7. The molecule has 9 heteroatoms. The third-order valence-electron chi connectivity index (χ3n) is 7.43. The first-order chi connectivity index (χ1) is 19.3. The van der Waals surface area contributed by atoms with Gasteiger partial charge in [-0.1, -0.05) is 12.1 Å². The summed E-state index contributed by atoms with van der Waals surface area (Å²) in [5.41, 5.74) is 4.48. The van der Waals surface area contributed by atoms with Crippen LogP contribution in [-0.4, -0.2) is 72.2 Å². The molecule has 208 valence electrons. The minimum Gasteiger partial charge on any atom is -0.344 e. The van der Waals surface area contributed by atoms with Crippen LogP contribution in [0.25, 0.3) is 10.9 Å². The summed E-state index contributed by atoms with van der Waals surface area (Å²) in [7, 11) is 3.57. The van der Waals surface area contributed by atoms with E-state index in [0.717, 1.165) is 48.3 Å². The van der Waals surface area contributed by atoms with Gasteiger partial charge < -0.3 is 20.9 Å². The van der Waals surface area contributed by atoms with Gasteiger partial charge in [-0.3, -0.25) is 14.3 Å². The van der Waals surface area contributed by atoms with Gasteiger partial charge in [-0.15, -0.1) is 0 Å². The number of nitrogens with zero attached hydrogens (tertiary/aromatic N) is 4. The van der Waals surface area contributed by atoms with E-state index in [0.29, 0.717) is 23.5 Å². The highest BCUT2D eigenvalue weighted by Gasteiger charge is 2.20. The minimum atomic E-state index is -0.194. The Morgan fingerprint density at radius 3 is 2.45 bits per heavy atom. The summed E-state index contributed by atoms with van der Waals surface area (Å²) in [4.78, 5) is 33.9. The van der Waals surface area contributed by atoms with Gasteiger partial charge in [0, 0.05) is 86.6 Å². The number of carbonyl (C=O) groups is 2. The van der Waals surface area contributed by atoms with Crippen LogP contribution in [0.3, 0.4) is 0 Å². The summed E-state index contributed by atoms with van der Waals surface area (Å²) in [6.07, 6.45) is 4.40. The molecule has 2 atom stereocenters. The maximum atomic E-state index is 13.0. The van der Waals surface area contributed by atoms with E-state index in [-0.39, 0.29) is 11.9 Å². The van der Waals surface area contributed by atoms with Crippen molar-refractivity contribution in [2.24, 2.45) is 0 Å². The van der Waals surface area contributed by atoms with Crippen molar-refractivity contribution in [3.05, 3.63) is 84.2 Å². The molecule has 4 aromatic rings. The number of amides is 2. The highest BCUT2D eigenvalue weighted by atomic mass is 16.2. The quantitative estimate of drug-likeness (QED) is 0.321. The second-order valence-corrected chi connectivity index (χ2v) is 10.6. The SMILES string of the molecule is CNC(=O)n1ccc2cc(N(C)c3ccnc(NC(=O)c4ccc(CCN5C[C@@H](C)N[C@@H](C)C5)cc4)c3)ccc21. The molecule has 0 spiro atoms. The van der Waals surface area contributed by atoms with E-state index in [2.05, 4.69) is 39.7 Å². The monoisotopic (exact) mass is 539 g/mol. The summed E-state index contributed by atoms with van der Waals surface area (Å²) < 4.78 is 1.58. The van der Waals surface area contributed by atoms with Crippen LogP contribution in [0.2, 0.25) is 0 Å². The molecule has 0 bridgehead atoms. The van der Waals surface area contributed by atoms with Crippen molar-refractivity contribution in [1.82, 2.24) is 25.1 Å². The van der Waals surface area contributed by atoms with E-state index in [9.17, 15) is 9.59 Å². The minimum absolute atomic E-state index is 0.181. The first-order valence-electron chi connectivity index (χ1n) is 13.7. The van der Waals surface area contributed by atoms with E-state index < -0.39 is 0 Å².